The van der Waals surface area contributed by atoms with Gasteiger partial charge in [0.15, 0.2) is 0 Å². The average Bonchev–Trinajstić information content (AvgIpc) is 2.46. The molecule has 2 atom stereocenters. The Morgan fingerprint density at radius 3 is 2.92 bits per heavy atom. The Morgan fingerprint density at radius 2 is 2.33 bits per heavy atom. The first-order chi connectivity index (χ1) is 5.73. The molecular weight excluding hydrogens is 154 g/mol. The van der Waals surface area contributed by atoms with Crippen molar-refractivity contribution in [1.82, 2.24) is 5.32 Å². The van der Waals surface area contributed by atoms with Crippen LogP contribution < -0.4 is 5.32 Å². The van der Waals surface area contributed by atoms with Gasteiger partial charge in [-0.25, -0.2) is 0 Å². The number of nitrogens with one attached hydrogen (secondary N) is 1. The summed E-state index contributed by atoms with van der Waals surface area (Å²) in [6, 6.07) is 0. The smallest absolute Gasteiger partial charge is 0.290 e. The third kappa shape index (κ3) is 1.78. The van der Waals surface area contributed by atoms with E-state index in [1.54, 1.807) is 0 Å². The largest absolute Gasteiger partial charge is 0.483 e. The minimum atomic E-state index is -0.250. The normalized spacial score (nSPS) is 38.2. The molecule has 0 aromatic heterocycles. The van der Waals surface area contributed by atoms with Crippen molar-refractivity contribution in [3.8, 4) is 0 Å². The van der Waals surface area contributed by atoms with Gasteiger partial charge in [-0.05, 0) is 30.7 Å². The second kappa shape index (κ2) is 3.90. The van der Waals surface area contributed by atoms with Crippen LogP contribution in [-0.4, -0.2) is 24.7 Å². The van der Waals surface area contributed by atoms with E-state index < -0.39 is 0 Å². The third-order valence-corrected chi connectivity index (χ3v) is 3.21. The summed E-state index contributed by atoms with van der Waals surface area (Å²) >= 11 is 0. The van der Waals surface area contributed by atoms with Crippen LogP contribution in [-0.2, 0) is 4.79 Å². The van der Waals surface area contributed by atoms with Gasteiger partial charge in [-0.1, -0.05) is 13.3 Å². The number of rotatable bonds is 0. The van der Waals surface area contributed by atoms with Gasteiger partial charge in [0.1, 0.15) is 0 Å². The Balaban J connectivity index is 0.000000213. The maximum atomic E-state index is 8.36. The molecule has 1 heterocycles. The van der Waals surface area contributed by atoms with Crippen molar-refractivity contribution in [1.29, 1.82) is 0 Å². The predicted molar refractivity (Wildman–Crippen MR) is 47.0 cm³/mol. The molecule has 2 fully saturated rings. The van der Waals surface area contributed by atoms with Crippen molar-refractivity contribution in [2.24, 2.45) is 11.3 Å². The first kappa shape index (κ1) is 9.52. The SMILES string of the molecule is CC12CCCC1CNC2.O=CO. The first-order valence-corrected chi connectivity index (χ1v) is 4.51. The molecule has 3 nitrogen and oxygen atoms in total. The number of fused-ring (bicyclic) bond motifs is 1. The lowest BCUT2D eigenvalue weighted by Gasteiger charge is -2.21. The number of hydrogen-bond donors (Lipinski definition) is 2. The maximum absolute atomic E-state index is 8.36. The van der Waals surface area contributed by atoms with E-state index >= 15 is 0 Å². The molecule has 70 valence electrons. The molecule has 0 aromatic carbocycles. The van der Waals surface area contributed by atoms with Gasteiger partial charge in [0.25, 0.3) is 6.47 Å². The van der Waals surface area contributed by atoms with Crippen LogP contribution in [0.15, 0.2) is 0 Å². The molecule has 2 aliphatic rings. The zero-order valence-corrected chi connectivity index (χ0v) is 7.55. The minimum Gasteiger partial charge on any atom is -0.483 e. The van der Waals surface area contributed by atoms with Gasteiger partial charge in [0.2, 0.25) is 0 Å². The summed E-state index contributed by atoms with van der Waals surface area (Å²) in [5.74, 6) is 1.01. The highest BCUT2D eigenvalue weighted by Crippen LogP contribution is 2.44. The molecule has 12 heavy (non-hydrogen) atoms. The summed E-state index contributed by atoms with van der Waals surface area (Å²) in [4.78, 5) is 8.36. The van der Waals surface area contributed by atoms with Crippen LogP contribution in [0.2, 0.25) is 0 Å². The van der Waals surface area contributed by atoms with E-state index in [2.05, 4.69) is 12.2 Å². The predicted octanol–water partition coefficient (Wildman–Crippen LogP) is 1.10. The van der Waals surface area contributed by atoms with Crippen molar-refractivity contribution in [2.45, 2.75) is 26.2 Å². The van der Waals surface area contributed by atoms with Crippen molar-refractivity contribution >= 4 is 6.47 Å². The summed E-state index contributed by atoms with van der Waals surface area (Å²) < 4.78 is 0. The van der Waals surface area contributed by atoms with E-state index in [4.69, 9.17) is 9.90 Å². The van der Waals surface area contributed by atoms with Gasteiger partial charge >= 0.3 is 0 Å². The molecule has 0 amide bonds. The molecule has 2 rings (SSSR count). The Bertz CT molecular complexity index is 149. The molecular formula is C9H17NO2. The maximum Gasteiger partial charge on any atom is 0.290 e. The summed E-state index contributed by atoms with van der Waals surface area (Å²) in [5.41, 5.74) is 0.694. The number of carboxylic acid groups (broad SMARTS) is 1. The molecule has 0 radical (unpaired) electrons. The lowest BCUT2D eigenvalue weighted by atomic mass is 9.83. The van der Waals surface area contributed by atoms with Gasteiger partial charge in [0.05, 0.1) is 0 Å². The molecule has 0 aromatic rings. The second-order valence-electron chi connectivity index (χ2n) is 3.98. The van der Waals surface area contributed by atoms with Gasteiger partial charge in [-0.2, -0.15) is 0 Å². The van der Waals surface area contributed by atoms with Crippen molar-refractivity contribution in [3.63, 3.8) is 0 Å². The second-order valence-corrected chi connectivity index (χ2v) is 3.98. The number of carbonyl (C=O) groups is 1. The van der Waals surface area contributed by atoms with Crippen LogP contribution in [0.3, 0.4) is 0 Å². The van der Waals surface area contributed by atoms with E-state index in [-0.39, 0.29) is 6.47 Å². The lowest BCUT2D eigenvalue weighted by Crippen LogP contribution is -2.20. The van der Waals surface area contributed by atoms with E-state index in [1.807, 2.05) is 0 Å². The topological polar surface area (TPSA) is 49.3 Å². The first-order valence-electron chi connectivity index (χ1n) is 4.51. The molecule has 2 unspecified atom stereocenters. The Kier molecular flexibility index (Phi) is 3.09. The van der Waals surface area contributed by atoms with Crippen LogP contribution in [0.4, 0.5) is 0 Å². The zero-order valence-electron chi connectivity index (χ0n) is 7.55. The number of hydrogen-bond acceptors (Lipinski definition) is 2. The van der Waals surface area contributed by atoms with E-state index in [0.717, 1.165) is 5.92 Å². The summed E-state index contributed by atoms with van der Waals surface area (Å²) in [6.07, 6.45) is 4.41. The molecule has 1 saturated carbocycles. The highest BCUT2D eigenvalue weighted by Gasteiger charge is 2.41. The summed E-state index contributed by atoms with van der Waals surface area (Å²) in [5, 5.41) is 10.4. The van der Waals surface area contributed by atoms with Gasteiger partial charge in [-0.3, -0.25) is 4.79 Å². The van der Waals surface area contributed by atoms with E-state index in [1.165, 1.54) is 32.4 Å². The van der Waals surface area contributed by atoms with Gasteiger partial charge < -0.3 is 10.4 Å². The van der Waals surface area contributed by atoms with Crippen LogP contribution >= 0.6 is 0 Å². The summed E-state index contributed by atoms with van der Waals surface area (Å²) in [6.45, 7) is 4.75. The fourth-order valence-electron chi connectivity index (χ4n) is 2.42. The zero-order chi connectivity index (χ0) is 9.03. The Morgan fingerprint density at radius 1 is 1.67 bits per heavy atom. The van der Waals surface area contributed by atoms with Gasteiger partial charge in [0, 0.05) is 6.54 Å². The van der Waals surface area contributed by atoms with Crippen LogP contribution in [0.1, 0.15) is 26.2 Å². The molecule has 1 aliphatic heterocycles. The van der Waals surface area contributed by atoms with E-state index in [9.17, 15) is 0 Å². The fourth-order valence-corrected chi connectivity index (χ4v) is 2.42. The van der Waals surface area contributed by atoms with Crippen molar-refractivity contribution in [3.05, 3.63) is 0 Å². The quantitative estimate of drug-likeness (QED) is 0.536. The standard InChI is InChI=1S/C8H15N.CH2O2/c1-8-4-2-3-7(8)5-9-6-8;2-1-3/h7,9H,2-6H2,1H3;1H,(H,2,3). The highest BCUT2D eigenvalue weighted by molar-refractivity contribution is 5.32. The fraction of sp³-hybridized carbons (Fsp3) is 0.889. The lowest BCUT2D eigenvalue weighted by molar-refractivity contribution is -0.122. The molecule has 1 saturated heterocycles. The molecule has 2 N–H and O–H groups in total. The Hall–Kier alpha value is -0.570. The van der Waals surface area contributed by atoms with Crippen molar-refractivity contribution < 1.29 is 9.90 Å². The monoisotopic (exact) mass is 171 g/mol. The van der Waals surface area contributed by atoms with Crippen molar-refractivity contribution in [2.75, 3.05) is 13.1 Å². The third-order valence-electron chi connectivity index (χ3n) is 3.21. The average molecular weight is 171 g/mol. The van der Waals surface area contributed by atoms with Gasteiger partial charge in [-0.15, -0.1) is 0 Å². The van der Waals surface area contributed by atoms with Crippen LogP contribution in [0, 0.1) is 11.3 Å². The van der Waals surface area contributed by atoms with E-state index in [0.29, 0.717) is 5.41 Å². The van der Waals surface area contributed by atoms with Crippen LogP contribution in [0.25, 0.3) is 0 Å². The van der Waals surface area contributed by atoms with Crippen LogP contribution in [0.5, 0.6) is 0 Å². The molecule has 0 bridgehead atoms. The minimum absolute atomic E-state index is 0.250. The Labute approximate surface area is 73.2 Å². The highest BCUT2D eigenvalue weighted by atomic mass is 16.3. The summed E-state index contributed by atoms with van der Waals surface area (Å²) in [7, 11) is 0. The molecule has 0 spiro atoms. The molecule has 1 aliphatic carbocycles. The molecule has 3 heteroatoms.